The van der Waals surface area contributed by atoms with Crippen LogP contribution in [0.2, 0.25) is 5.02 Å². The molecule has 25 heavy (non-hydrogen) atoms. The highest BCUT2D eigenvalue weighted by molar-refractivity contribution is 9.10. The number of hydrogen-bond donors (Lipinski definition) is 0. The van der Waals surface area contributed by atoms with Crippen LogP contribution in [0.25, 0.3) is 10.9 Å². The maximum Gasteiger partial charge on any atom is 0.225 e. The van der Waals surface area contributed by atoms with Crippen LogP contribution in [0.1, 0.15) is 23.1 Å². The Bertz CT molecular complexity index is 1010. The van der Waals surface area contributed by atoms with Crippen LogP contribution in [0.15, 0.2) is 64.1 Å². The molecule has 0 aliphatic heterocycles. The van der Waals surface area contributed by atoms with Crippen molar-refractivity contribution in [1.82, 2.24) is 20.2 Å². The predicted molar refractivity (Wildman–Crippen MR) is 98.5 cm³/mol. The maximum atomic E-state index is 5.96. The smallest absolute Gasteiger partial charge is 0.225 e. The van der Waals surface area contributed by atoms with Gasteiger partial charge in [0.1, 0.15) is 0 Å². The standard InChI is InChI=1S/C18H12BrClN4O/c19-13-7-12-5-11(1-3-16(12)21-8-13)6-15(18-24-23-10-25-18)17-4-2-14(20)9-22-17/h1-5,7-10,15H,6H2. The van der Waals surface area contributed by atoms with Crippen molar-refractivity contribution in [3.8, 4) is 0 Å². The van der Waals surface area contributed by atoms with Gasteiger partial charge in [0.2, 0.25) is 12.3 Å². The minimum absolute atomic E-state index is 0.141. The molecule has 0 amide bonds. The highest BCUT2D eigenvalue weighted by Crippen LogP contribution is 2.28. The fraction of sp³-hybridized carbons (Fsp3) is 0.111. The van der Waals surface area contributed by atoms with Gasteiger partial charge in [-0.3, -0.25) is 9.97 Å². The van der Waals surface area contributed by atoms with Gasteiger partial charge in [-0.2, -0.15) is 0 Å². The Balaban J connectivity index is 1.72. The monoisotopic (exact) mass is 414 g/mol. The second-order valence-corrected chi connectivity index (χ2v) is 6.97. The van der Waals surface area contributed by atoms with Gasteiger partial charge >= 0.3 is 0 Å². The molecule has 1 aromatic carbocycles. The van der Waals surface area contributed by atoms with Crippen LogP contribution >= 0.6 is 27.5 Å². The molecule has 124 valence electrons. The lowest BCUT2D eigenvalue weighted by Crippen LogP contribution is -2.08. The molecule has 0 fully saturated rings. The second-order valence-electron chi connectivity index (χ2n) is 5.62. The number of aromatic nitrogens is 4. The Labute approximate surface area is 157 Å². The molecule has 0 bridgehead atoms. The van der Waals surface area contributed by atoms with Crippen molar-refractivity contribution < 1.29 is 4.42 Å². The Hall–Kier alpha value is -2.31. The van der Waals surface area contributed by atoms with E-state index in [1.807, 2.05) is 24.3 Å². The largest absolute Gasteiger partial charge is 0.427 e. The van der Waals surface area contributed by atoms with Gasteiger partial charge < -0.3 is 4.42 Å². The number of fused-ring (bicyclic) bond motifs is 1. The van der Waals surface area contributed by atoms with Crippen molar-refractivity contribution >= 4 is 38.4 Å². The van der Waals surface area contributed by atoms with E-state index >= 15 is 0 Å². The Morgan fingerprint density at radius 2 is 2.00 bits per heavy atom. The minimum atomic E-state index is -0.141. The van der Waals surface area contributed by atoms with Gasteiger partial charge in [0.25, 0.3) is 0 Å². The summed E-state index contributed by atoms with van der Waals surface area (Å²) >= 11 is 9.42. The van der Waals surface area contributed by atoms with Gasteiger partial charge in [0, 0.05) is 22.3 Å². The fourth-order valence-electron chi connectivity index (χ4n) is 2.76. The van der Waals surface area contributed by atoms with Crippen molar-refractivity contribution in [3.05, 3.63) is 81.8 Å². The van der Waals surface area contributed by atoms with Gasteiger partial charge in [-0.25, -0.2) is 0 Å². The summed E-state index contributed by atoms with van der Waals surface area (Å²) in [5.74, 6) is 0.389. The first-order chi connectivity index (χ1) is 12.2. The summed E-state index contributed by atoms with van der Waals surface area (Å²) in [6.45, 7) is 0. The summed E-state index contributed by atoms with van der Waals surface area (Å²) in [6.07, 6.45) is 5.43. The van der Waals surface area contributed by atoms with E-state index in [4.69, 9.17) is 16.0 Å². The topological polar surface area (TPSA) is 64.7 Å². The normalized spacial score (nSPS) is 12.4. The van der Waals surface area contributed by atoms with Crippen molar-refractivity contribution in [1.29, 1.82) is 0 Å². The number of rotatable bonds is 4. The highest BCUT2D eigenvalue weighted by atomic mass is 79.9. The molecule has 1 unspecified atom stereocenters. The molecule has 4 rings (SSSR count). The van der Waals surface area contributed by atoms with Crippen LogP contribution in [0, 0.1) is 0 Å². The van der Waals surface area contributed by atoms with E-state index in [1.54, 1.807) is 12.4 Å². The van der Waals surface area contributed by atoms with Gasteiger partial charge in [-0.1, -0.05) is 17.7 Å². The summed E-state index contributed by atoms with van der Waals surface area (Å²) in [6, 6.07) is 11.9. The quantitative estimate of drug-likeness (QED) is 0.479. The van der Waals surface area contributed by atoms with Crippen LogP contribution in [0.4, 0.5) is 0 Å². The van der Waals surface area contributed by atoms with Crippen molar-refractivity contribution in [2.75, 3.05) is 0 Å². The zero-order valence-electron chi connectivity index (χ0n) is 12.9. The molecule has 0 radical (unpaired) electrons. The van der Waals surface area contributed by atoms with Crippen LogP contribution in [-0.4, -0.2) is 20.2 Å². The SMILES string of the molecule is Clc1ccc(C(Cc2ccc3ncc(Br)cc3c2)c2nnco2)nc1. The summed E-state index contributed by atoms with van der Waals surface area (Å²) in [4.78, 5) is 8.83. The molecule has 4 aromatic rings. The van der Waals surface area contributed by atoms with E-state index in [1.165, 1.54) is 6.39 Å². The highest BCUT2D eigenvalue weighted by Gasteiger charge is 2.21. The Morgan fingerprint density at radius 3 is 2.76 bits per heavy atom. The van der Waals surface area contributed by atoms with Crippen molar-refractivity contribution in [2.45, 2.75) is 12.3 Å². The number of hydrogen-bond acceptors (Lipinski definition) is 5. The lowest BCUT2D eigenvalue weighted by atomic mass is 9.94. The maximum absolute atomic E-state index is 5.96. The molecule has 5 nitrogen and oxygen atoms in total. The summed E-state index contributed by atoms with van der Waals surface area (Å²) < 4.78 is 6.39. The van der Waals surface area contributed by atoms with Gasteiger partial charge in [-0.05, 0) is 58.2 Å². The lowest BCUT2D eigenvalue weighted by Gasteiger charge is -2.13. The van der Waals surface area contributed by atoms with E-state index in [0.29, 0.717) is 17.3 Å². The molecule has 0 aliphatic carbocycles. The van der Waals surface area contributed by atoms with Crippen molar-refractivity contribution in [3.63, 3.8) is 0 Å². The molecule has 0 saturated carbocycles. The van der Waals surface area contributed by atoms with Gasteiger partial charge in [0.15, 0.2) is 0 Å². The summed E-state index contributed by atoms with van der Waals surface area (Å²) in [5.41, 5.74) is 2.92. The predicted octanol–water partition coefficient (Wildman–Crippen LogP) is 4.80. The molecular weight excluding hydrogens is 404 g/mol. The number of nitrogens with zero attached hydrogens (tertiary/aromatic N) is 4. The lowest BCUT2D eigenvalue weighted by molar-refractivity contribution is 0.463. The Morgan fingerprint density at radius 1 is 1.08 bits per heavy atom. The zero-order valence-corrected chi connectivity index (χ0v) is 15.3. The van der Waals surface area contributed by atoms with E-state index in [9.17, 15) is 0 Å². The minimum Gasteiger partial charge on any atom is -0.427 e. The molecule has 0 N–H and O–H groups in total. The van der Waals surface area contributed by atoms with Crippen LogP contribution < -0.4 is 0 Å². The first-order valence-electron chi connectivity index (χ1n) is 7.61. The van der Waals surface area contributed by atoms with Crippen LogP contribution in [0.3, 0.4) is 0 Å². The van der Waals surface area contributed by atoms with E-state index in [0.717, 1.165) is 26.6 Å². The summed E-state index contributed by atoms with van der Waals surface area (Å²) in [5, 5.41) is 9.54. The van der Waals surface area contributed by atoms with E-state index < -0.39 is 0 Å². The Kier molecular flexibility index (Phi) is 4.46. The second kappa shape index (κ2) is 6.90. The third-order valence-corrected chi connectivity index (χ3v) is 4.59. The molecule has 0 saturated heterocycles. The third kappa shape index (κ3) is 3.55. The first kappa shape index (κ1) is 16.2. The van der Waals surface area contributed by atoms with Gasteiger partial charge in [0.05, 0.1) is 22.2 Å². The third-order valence-electron chi connectivity index (χ3n) is 3.93. The number of pyridine rings is 2. The molecule has 7 heteroatoms. The average molecular weight is 416 g/mol. The van der Waals surface area contributed by atoms with Crippen molar-refractivity contribution in [2.24, 2.45) is 0 Å². The van der Waals surface area contributed by atoms with Crippen LogP contribution in [-0.2, 0) is 6.42 Å². The number of halogens is 2. The first-order valence-corrected chi connectivity index (χ1v) is 8.78. The number of benzene rings is 1. The average Bonchev–Trinajstić information content (AvgIpc) is 3.14. The molecule has 1 atom stereocenters. The van der Waals surface area contributed by atoms with Crippen LogP contribution in [0.5, 0.6) is 0 Å². The van der Waals surface area contributed by atoms with E-state index in [-0.39, 0.29) is 5.92 Å². The summed E-state index contributed by atoms with van der Waals surface area (Å²) in [7, 11) is 0. The molecular formula is C18H12BrClN4O. The van der Waals surface area contributed by atoms with E-state index in [2.05, 4.69) is 48.2 Å². The van der Waals surface area contributed by atoms with Gasteiger partial charge in [-0.15, -0.1) is 10.2 Å². The zero-order chi connectivity index (χ0) is 17.2. The molecule has 3 heterocycles. The molecule has 3 aromatic heterocycles. The molecule has 0 aliphatic rings. The fourth-order valence-corrected chi connectivity index (χ4v) is 3.22. The molecule has 0 spiro atoms.